The van der Waals surface area contributed by atoms with Crippen LogP contribution in [0.15, 0.2) is 18.2 Å². The van der Waals surface area contributed by atoms with Gasteiger partial charge in [-0.25, -0.2) is 4.39 Å². The number of rotatable bonds is 3. The highest BCUT2D eigenvalue weighted by Gasteiger charge is 2.19. The van der Waals surface area contributed by atoms with Crippen LogP contribution in [0.3, 0.4) is 0 Å². The molecule has 2 rings (SSSR count). The summed E-state index contributed by atoms with van der Waals surface area (Å²) in [5.41, 5.74) is 0.618. The molecule has 0 aromatic heterocycles. The lowest BCUT2D eigenvalue weighted by atomic mass is 10.2. The Bertz CT molecular complexity index is 518. The van der Waals surface area contributed by atoms with Gasteiger partial charge in [0.05, 0.1) is 12.1 Å². The van der Waals surface area contributed by atoms with Crippen LogP contribution in [0.25, 0.3) is 0 Å². The van der Waals surface area contributed by atoms with Crippen molar-refractivity contribution in [2.24, 2.45) is 0 Å². The van der Waals surface area contributed by atoms with Gasteiger partial charge in [-0.15, -0.1) is 0 Å². The van der Waals surface area contributed by atoms with Crippen molar-refractivity contribution in [2.45, 2.75) is 12.8 Å². The number of carbonyl (C=O) groups is 1. The molecule has 1 aromatic carbocycles. The number of carbonyl (C=O) groups excluding carboxylic acids is 1. The maximum absolute atomic E-state index is 13.5. The van der Waals surface area contributed by atoms with E-state index in [-0.39, 0.29) is 18.0 Å². The smallest absolute Gasteiger partial charge is 0.242 e. The number of amides is 1. The standard InChI is InChI=1S/C14H16FN3O/c1-17(10-14(19)18-6-2-3-7-18)12-5-4-11(9-16)13(15)8-12/h4-5,8H,2-3,6-7,10H2,1H3. The van der Waals surface area contributed by atoms with Crippen LogP contribution >= 0.6 is 0 Å². The Morgan fingerprint density at radius 1 is 1.47 bits per heavy atom. The molecule has 4 nitrogen and oxygen atoms in total. The minimum atomic E-state index is -0.555. The second-order valence-corrected chi connectivity index (χ2v) is 4.72. The van der Waals surface area contributed by atoms with Crippen molar-refractivity contribution in [1.29, 1.82) is 5.26 Å². The quantitative estimate of drug-likeness (QED) is 0.833. The number of likely N-dealkylation sites (tertiary alicyclic amines) is 1. The molecule has 100 valence electrons. The molecule has 0 spiro atoms. The van der Waals surface area contributed by atoms with Crippen molar-refractivity contribution in [3.05, 3.63) is 29.6 Å². The Balaban J connectivity index is 2.03. The Kier molecular flexibility index (Phi) is 4.00. The average Bonchev–Trinajstić information content (AvgIpc) is 2.92. The largest absolute Gasteiger partial charge is 0.365 e. The van der Waals surface area contributed by atoms with Gasteiger partial charge in [-0.1, -0.05) is 0 Å². The first-order valence-electron chi connectivity index (χ1n) is 6.30. The third kappa shape index (κ3) is 3.02. The maximum atomic E-state index is 13.5. The number of nitrogens with zero attached hydrogens (tertiary/aromatic N) is 3. The molecule has 19 heavy (non-hydrogen) atoms. The molecule has 0 radical (unpaired) electrons. The van der Waals surface area contributed by atoms with Crippen LogP contribution in [0.2, 0.25) is 0 Å². The molecule has 1 aliphatic heterocycles. The minimum Gasteiger partial charge on any atom is -0.365 e. The Morgan fingerprint density at radius 3 is 2.74 bits per heavy atom. The van der Waals surface area contributed by atoms with Gasteiger partial charge in [0.1, 0.15) is 11.9 Å². The summed E-state index contributed by atoms with van der Waals surface area (Å²) in [7, 11) is 1.74. The molecule has 0 N–H and O–H groups in total. The van der Waals surface area contributed by atoms with Gasteiger partial charge in [-0.2, -0.15) is 5.26 Å². The van der Waals surface area contributed by atoms with E-state index in [1.807, 2.05) is 4.90 Å². The van der Waals surface area contributed by atoms with Gasteiger partial charge in [0.25, 0.3) is 0 Å². The molecule has 1 fully saturated rings. The van der Waals surface area contributed by atoms with E-state index in [0.717, 1.165) is 25.9 Å². The van der Waals surface area contributed by atoms with Crippen LogP contribution in [0.5, 0.6) is 0 Å². The summed E-state index contributed by atoms with van der Waals surface area (Å²) in [6, 6.07) is 6.15. The maximum Gasteiger partial charge on any atom is 0.242 e. The van der Waals surface area contributed by atoms with E-state index in [0.29, 0.717) is 5.69 Å². The van der Waals surface area contributed by atoms with Crippen LogP contribution in [0, 0.1) is 17.1 Å². The SMILES string of the molecule is CN(CC(=O)N1CCCC1)c1ccc(C#N)c(F)c1. The van der Waals surface area contributed by atoms with Crippen LogP contribution < -0.4 is 4.90 Å². The van der Waals surface area contributed by atoms with E-state index < -0.39 is 5.82 Å². The van der Waals surface area contributed by atoms with E-state index in [9.17, 15) is 9.18 Å². The molecule has 5 heteroatoms. The van der Waals surface area contributed by atoms with E-state index in [1.165, 1.54) is 12.1 Å². The summed E-state index contributed by atoms with van der Waals surface area (Å²) in [5.74, 6) is -0.495. The fraction of sp³-hybridized carbons (Fsp3) is 0.429. The molecule has 1 amide bonds. The summed E-state index contributed by atoms with van der Waals surface area (Å²) >= 11 is 0. The van der Waals surface area contributed by atoms with Crippen molar-refractivity contribution in [1.82, 2.24) is 4.90 Å². The van der Waals surface area contributed by atoms with Crippen molar-refractivity contribution < 1.29 is 9.18 Å². The highest BCUT2D eigenvalue weighted by atomic mass is 19.1. The topological polar surface area (TPSA) is 47.3 Å². The molecular weight excluding hydrogens is 245 g/mol. The molecule has 1 saturated heterocycles. The highest BCUT2D eigenvalue weighted by molar-refractivity contribution is 5.81. The number of halogens is 1. The third-order valence-electron chi connectivity index (χ3n) is 3.35. The zero-order chi connectivity index (χ0) is 13.8. The fourth-order valence-corrected chi connectivity index (χ4v) is 2.19. The number of nitriles is 1. The number of hydrogen-bond acceptors (Lipinski definition) is 3. The molecule has 0 saturated carbocycles. The number of likely N-dealkylation sites (N-methyl/N-ethyl adjacent to an activating group) is 1. The minimum absolute atomic E-state index is 0.0167. The van der Waals surface area contributed by atoms with Crippen molar-refractivity contribution >= 4 is 11.6 Å². The summed E-state index contributed by atoms with van der Waals surface area (Å²) in [6.07, 6.45) is 2.11. The fourth-order valence-electron chi connectivity index (χ4n) is 2.19. The van der Waals surface area contributed by atoms with Crippen molar-refractivity contribution in [3.63, 3.8) is 0 Å². The Morgan fingerprint density at radius 2 is 2.16 bits per heavy atom. The molecule has 0 atom stereocenters. The molecule has 0 aliphatic carbocycles. The lowest BCUT2D eigenvalue weighted by molar-refractivity contribution is -0.128. The van der Waals surface area contributed by atoms with Crippen molar-refractivity contribution in [2.75, 3.05) is 31.6 Å². The van der Waals surface area contributed by atoms with Gasteiger partial charge < -0.3 is 9.80 Å². The zero-order valence-corrected chi connectivity index (χ0v) is 10.9. The summed E-state index contributed by atoms with van der Waals surface area (Å²) < 4.78 is 13.5. The number of benzene rings is 1. The molecular formula is C14H16FN3O. The van der Waals surface area contributed by atoms with Crippen LogP contribution in [0.1, 0.15) is 18.4 Å². The molecule has 0 bridgehead atoms. The van der Waals surface area contributed by atoms with Gasteiger partial charge in [-0.3, -0.25) is 4.79 Å². The van der Waals surface area contributed by atoms with Gasteiger partial charge >= 0.3 is 0 Å². The first-order chi connectivity index (χ1) is 9.11. The van der Waals surface area contributed by atoms with E-state index >= 15 is 0 Å². The van der Waals surface area contributed by atoms with Gasteiger partial charge in [0.2, 0.25) is 5.91 Å². The summed E-state index contributed by atoms with van der Waals surface area (Å²) in [4.78, 5) is 15.5. The normalized spacial score (nSPS) is 14.3. The Hall–Kier alpha value is -2.09. The second-order valence-electron chi connectivity index (χ2n) is 4.72. The predicted octanol–water partition coefficient (Wildman–Crippen LogP) is 1.76. The zero-order valence-electron chi connectivity index (χ0n) is 10.9. The van der Waals surface area contributed by atoms with E-state index in [4.69, 9.17) is 5.26 Å². The van der Waals surface area contributed by atoms with Gasteiger partial charge in [0.15, 0.2) is 0 Å². The van der Waals surface area contributed by atoms with Crippen LogP contribution in [-0.4, -0.2) is 37.5 Å². The molecule has 1 heterocycles. The molecule has 1 aromatic rings. The van der Waals surface area contributed by atoms with E-state index in [2.05, 4.69) is 0 Å². The Labute approximate surface area is 112 Å². The summed E-state index contributed by atoms with van der Waals surface area (Å²) in [5, 5.41) is 8.67. The second kappa shape index (κ2) is 5.70. The first-order valence-corrected chi connectivity index (χ1v) is 6.30. The van der Waals surface area contributed by atoms with E-state index in [1.54, 1.807) is 24.1 Å². The predicted molar refractivity (Wildman–Crippen MR) is 70.2 cm³/mol. The lowest BCUT2D eigenvalue weighted by Crippen LogP contribution is -2.37. The highest BCUT2D eigenvalue weighted by Crippen LogP contribution is 2.17. The number of hydrogen-bond donors (Lipinski definition) is 0. The first kappa shape index (κ1) is 13.3. The van der Waals surface area contributed by atoms with Crippen LogP contribution in [-0.2, 0) is 4.79 Å². The third-order valence-corrected chi connectivity index (χ3v) is 3.35. The van der Waals surface area contributed by atoms with Crippen molar-refractivity contribution in [3.8, 4) is 6.07 Å². The van der Waals surface area contributed by atoms with Gasteiger partial charge in [0, 0.05) is 25.8 Å². The lowest BCUT2D eigenvalue weighted by Gasteiger charge is -2.22. The monoisotopic (exact) mass is 261 g/mol. The average molecular weight is 261 g/mol. The molecule has 0 unspecified atom stereocenters. The number of anilines is 1. The molecule has 1 aliphatic rings. The van der Waals surface area contributed by atoms with Crippen LogP contribution in [0.4, 0.5) is 10.1 Å². The summed E-state index contributed by atoms with van der Waals surface area (Å²) in [6.45, 7) is 1.86. The van der Waals surface area contributed by atoms with Gasteiger partial charge in [-0.05, 0) is 31.0 Å².